The highest BCUT2D eigenvalue weighted by atomic mass is 35.5. The number of nitro groups is 1. The van der Waals surface area contributed by atoms with E-state index in [9.17, 15) is 14.9 Å². The standard InChI is InChI=1S/C9H5ClN2O3S/c10-6-2-1-5(3-8(6)12(14)15)7-4-16-9(13)11-7/h1-4H,(H,11,13). The van der Waals surface area contributed by atoms with E-state index >= 15 is 0 Å². The van der Waals surface area contributed by atoms with Crippen molar-refractivity contribution in [1.82, 2.24) is 4.98 Å². The molecule has 5 nitrogen and oxygen atoms in total. The Morgan fingerprint density at radius 3 is 2.75 bits per heavy atom. The number of halogens is 1. The first kappa shape index (κ1) is 10.8. The Bertz CT molecular complexity index is 605. The lowest BCUT2D eigenvalue weighted by Gasteiger charge is -1.99. The maximum absolute atomic E-state index is 11.0. The summed E-state index contributed by atoms with van der Waals surface area (Å²) in [5.41, 5.74) is 0.940. The molecule has 82 valence electrons. The molecule has 0 aliphatic rings. The second-order valence-corrected chi connectivity index (χ2v) is 4.23. The highest BCUT2D eigenvalue weighted by Crippen LogP contribution is 2.29. The van der Waals surface area contributed by atoms with Crippen LogP contribution in [-0.4, -0.2) is 9.91 Å². The van der Waals surface area contributed by atoms with Crippen molar-refractivity contribution in [2.24, 2.45) is 0 Å². The molecule has 0 fully saturated rings. The van der Waals surface area contributed by atoms with Crippen molar-refractivity contribution in [3.05, 3.63) is 48.4 Å². The van der Waals surface area contributed by atoms with Crippen molar-refractivity contribution in [2.45, 2.75) is 0 Å². The van der Waals surface area contributed by atoms with E-state index in [-0.39, 0.29) is 15.6 Å². The van der Waals surface area contributed by atoms with Crippen LogP contribution in [0.1, 0.15) is 0 Å². The van der Waals surface area contributed by atoms with Gasteiger partial charge in [-0.25, -0.2) is 0 Å². The van der Waals surface area contributed by atoms with Gasteiger partial charge in [-0.15, -0.1) is 0 Å². The van der Waals surface area contributed by atoms with E-state index in [4.69, 9.17) is 11.6 Å². The van der Waals surface area contributed by atoms with Crippen LogP contribution < -0.4 is 4.87 Å². The molecule has 16 heavy (non-hydrogen) atoms. The van der Waals surface area contributed by atoms with E-state index in [1.807, 2.05) is 0 Å². The third-order valence-corrected chi connectivity index (χ3v) is 2.96. The summed E-state index contributed by atoms with van der Waals surface area (Å²) in [6, 6.07) is 4.39. The monoisotopic (exact) mass is 256 g/mol. The quantitative estimate of drug-likeness (QED) is 0.663. The zero-order chi connectivity index (χ0) is 11.7. The topological polar surface area (TPSA) is 76.0 Å². The third-order valence-electron chi connectivity index (χ3n) is 1.97. The Labute approximate surface area is 98.5 Å². The Balaban J connectivity index is 2.55. The van der Waals surface area contributed by atoms with E-state index < -0.39 is 4.92 Å². The number of rotatable bonds is 2. The normalized spacial score (nSPS) is 10.3. The minimum absolute atomic E-state index is 0.0753. The number of H-pyrrole nitrogens is 1. The van der Waals surface area contributed by atoms with Crippen LogP contribution in [0.3, 0.4) is 0 Å². The first-order valence-electron chi connectivity index (χ1n) is 4.20. The van der Waals surface area contributed by atoms with Crippen LogP contribution in [0, 0.1) is 10.1 Å². The van der Waals surface area contributed by atoms with Crippen molar-refractivity contribution >= 4 is 28.6 Å². The average Bonchev–Trinajstić information content (AvgIpc) is 2.65. The summed E-state index contributed by atoms with van der Waals surface area (Å²) < 4.78 is 0. The number of nitro benzene ring substituents is 1. The van der Waals surface area contributed by atoms with Crippen molar-refractivity contribution < 1.29 is 4.92 Å². The van der Waals surface area contributed by atoms with E-state index in [0.29, 0.717) is 11.3 Å². The van der Waals surface area contributed by atoms with Crippen LogP contribution in [0.4, 0.5) is 5.69 Å². The number of hydrogen-bond acceptors (Lipinski definition) is 4. The zero-order valence-corrected chi connectivity index (χ0v) is 9.34. The molecule has 2 rings (SSSR count). The fourth-order valence-corrected chi connectivity index (χ4v) is 2.02. The van der Waals surface area contributed by atoms with Gasteiger partial charge >= 0.3 is 4.87 Å². The van der Waals surface area contributed by atoms with E-state index in [0.717, 1.165) is 11.3 Å². The van der Waals surface area contributed by atoms with Crippen molar-refractivity contribution in [3.63, 3.8) is 0 Å². The van der Waals surface area contributed by atoms with E-state index in [1.165, 1.54) is 12.1 Å². The number of thiazole rings is 1. The molecule has 1 aromatic carbocycles. The molecule has 0 saturated heterocycles. The number of nitrogens with one attached hydrogen (secondary N) is 1. The van der Waals surface area contributed by atoms with Crippen LogP contribution >= 0.6 is 22.9 Å². The molecule has 1 heterocycles. The minimum atomic E-state index is -0.559. The number of nitrogens with zero attached hydrogens (tertiary/aromatic N) is 1. The van der Waals surface area contributed by atoms with Gasteiger partial charge in [0.15, 0.2) is 0 Å². The Kier molecular flexibility index (Phi) is 2.76. The lowest BCUT2D eigenvalue weighted by atomic mass is 10.1. The van der Waals surface area contributed by atoms with Gasteiger partial charge in [-0.1, -0.05) is 29.0 Å². The predicted molar refractivity (Wildman–Crippen MR) is 62.0 cm³/mol. The molecule has 0 atom stereocenters. The van der Waals surface area contributed by atoms with Gasteiger partial charge in [0.25, 0.3) is 5.69 Å². The second kappa shape index (κ2) is 4.07. The number of aromatic nitrogens is 1. The fourth-order valence-electron chi connectivity index (χ4n) is 1.24. The molecular weight excluding hydrogens is 252 g/mol. The van der Waals surface area contributed by atoms with Crippen LogP contribution in [-0.2, 0) is 0 Å². The van der Waals surface area contributed by atoms with Gasteiger partial charge < -0.3 is 4.98 Å². The molecule has 0 aliphatic carbocycles. The van der Waals surface area contributed by atoms with Crippen molar-refractivity contribution in [1.29, 1.82) is 0 Å². The minimum Gasteiger partial charge on any atom is -0.312 e. The summed E-state index contributed by atoms with van der Waals surface area (Å²) in [5, 5.41) is 12.3. The van der Waals surface area contributed by atoms with Crippen LogP contribution in [0.25, 0.3) is 11.3 Å². The molecule has 1 N–H and O–H groups in total. The smallest absolute Gasteiger partial charge is 0.304 e. The number of hydrogen-bond donors (Lipinski definition) is 1. The maximum Gasteiger partial charge on any atom is 0.304 e. The van der Waals surface area contributed by atoms with Gasteiger partial charge in [0, 0.05) is 17.0 Å². The molecule has 7 heteroatoms. The molecule has 1 aromatic heterocycles. The van der Waals surface area contributed by atoms with Gasteiger partial charge in [-0.2, -0.15) is 0 Å². The summed E-state index contributed by atoms with van der Waals surface area (Å²) in [6.07, 6.45) is 0. The summed E-state index contributed by atoms with van der Waals surface area (Å²) in [5.74, 6) is 0. The highest BCUT2D eigenvalue weighted by Gasteiger charge is 2.14. The van der Waals surface area contributed by atoms with Crippen LogP contribution in [0.15, 0.2) is 28.4 Å². The average molecular weight is 257 g/mol. The third kappa shape index (κ3) is 1.98. The predicted octanol–water partition coefficient (Wildman–Crippen LogP) is 2.67. The summed E-state index contributed by atoms with van der Waals surface area (Å²) >= 11 is 6.68. The molecule has 2 aromatic rings. The van der Waals surface area contributed by atoms with Crippen LogP contribution in [0.2, 0.25) is 5.02 Å². The van der Waals surface area contributed by atoms with Crippen molar-refractivity contribution in [3.8, 4) is 11.3 Å². The highest BCUT2D eigenvalue weighted by molar-refractivity contribution is 7.07. The molecule has 0 bridgehead atoms. The summed E-state index contributed by atoms with van der Waals surface area (Å²) in [4.78, 5) is 23.4. The molecule has 0 radical (unpaired) electrons. The largest absolute Gasteiger partial charge is 0.312 e. The SMILES string of the molecule is O=c1[nH]c(-c2ccc(Cl)c([N+](=O)[O-])c2)cs1. The molecular formula is C9H5ClN2O3S. The lowest BCUT2D eigenvalue weighted by Crippen LogP contribution is -1.93. The maximum atomic E-state index is 11.0. The molecule has 0 spiro atoms. The molecule has 0 unspecified atom stereocenters. The van der Waals surface area contributed by atoms with Gasteiger partial charge in [0.05, 0.1) is 10.6 Å². The first-order valence-corrected chi connectivity index (χ1v) is 5.46. The van der Waals surface area contributed by atoms with Crippen LogP contribution in [0.5, 0.6) is 0 Å². The van der Waals surface area contributed by atoms with Crippen molar-refractivity contribution in [2.75, 3.05) is 0 Å². The van der Waals surface area contributed by atoms with Gasteiger partial charge in [0.2, 0.25) is 0 Å². The molecule has 0 amide bonds. The summed E-state index contributed by atoms with van der Waals surface area (Å²) in [7, 11) is 0. The first-order chi connectivity index (χ1) is 7.58. The molecule has 0 aliphatic heterocycles. The van der Waals surface area contributed by atoms with Gasteiger partial charge in [0.1, 0.15) is 5.02 Å². The van der Waals surface area contributed by atoms with Gasteiger partial charge in [-0.3, -0.25) is 14.9 Å². The second-order valence-electron chi connectivity index (χ2n) is 2.99. The van der Waals surface area contributed by atoms with E-state index in [1.54, 1.807) is 11.4 Å². The molecule has 0 saturated carbocycles. The Morgan fingerprint density at radius 2 is 2.19 bits per heavy atom. The Hall–Kier alpha value is -1.66. The zero-order valence-electron chi connectivity index (χ0n) is 7.77. The summed E-state index contributed by atoms with van der Waals surface area (Å²) in [6.45, 7) is 0. The number of aromatic amines is 1. The van der Waals surface area contributed by atoms with E-state index in [2.05, 4.69) is 4.98 Å². The number of benzene rings is 1. The lowest BCUT2D eigenvalue weighted by molar-refractivity contribution is -0.384. The Morgan fingerprint density at radius 1 is 1.44 bits per heavy atom. The van der Waals surface area contributed by atoms with Gasteiger partial charge in [-0.05, 0) is 6.07 Å². The fraction of sp³-hybridized carbons (Fsp3) is 0.